The van der Waals surface area contributed by atoms with Crippen molar-refractivity contribution in [1.29, 1.82) is 0 Å². The summed E-state index contributed by atoms with van der Waals surface area (Å²) in [5, 5.41) is 10.9. The normalized spacial score (nSPS) is 15.3. The Morgan fingerprint density at radius 3 is 2.65 bits per heavy atom. The molecule has 1 atom stereocenters. The van der Waals surface area contributed by atoms with E-state index < -0.39 is 4.92 Å². The zero-order chi connectivity index (χ0) is 14.1. The molecule has 1 aliphatic rings. The number of hydrogen-bond acceptors (Lipinski definition) is 4. The van der Waals surface area contributed by atoms with Crippen LogP contribution < -0.4 is 0 Å². The van der Waals surface area contributed by atoms with E-state index in [9.17, 15) is 14.9 Å². The summed E-state index contributed by atoms with van der Waals surface area (Å²) < 4.78 is 4.76. The molecule has 0 saturated carbocycles. The second-order valence-corrected chi connectivity index (χ2v) is 4.56. The van der Waals surface area contributed by atoms with Crippen LogP contribution in [-0.4, -0.2) is 18.0 Å². The molecule has 0 saturated heterocycles. The average molecular weight is 268 g/mol. The fourth-order valence-corrected chi connectivity index (χ4v) is 2.71. The second-order valence-electron chi connectivity index (χ2n) is 4.56. The molecular formula is C15H10NO4. The van der Waals surface area contributed by atoms with Gasteiger partial charge in [0.2, 0.25) is 0 Å². The minimum absolute atomic E-state index is 0.0386. The molecule has 5 heteroatoms. The Bertz CT molecular complexity index is 696. The summed E-state index contributed by atoms with van der Waals surface area (Å²) in [7, 11) is 0. The van der Waals surface area contributed by atoms with E-state index in [2.05, 4.69) is 0 Å². The van der Waals surface area contributed by atoms with Gasteiger partial charge in [0.15, 0.2) is 0 Å². The highest BCUT2D eigenvalue weighted by molar-refractivity contribution is 5.80. The van der Waals surface area contributed by atoms with Gasteiger partial charge in [-0.25, -0.2) is 4.79 Å². The van der Waals surface area contributed by atoms with Gasteiger partial charge in [0.25, 0.3) is 5.69 Å². The Morgan fingerprint density at radius 1 is 1.15 bits per heavy atom. The number of carbonyl (C=O) groups excluding carboxylic acids is 1. The van der Waals surface area contributed by atoms with E-state index in [-0.39, 0.29) is 18.2 Å². The predicted octanol–water partition coefficient (Wildman–Crippen LogP) is 2.79. The van der Waals surface area contributed by atoms with Gasteiger partial charge < -0.3 is 4.74 Å². The smallest absolute Gasteiger partial charge is 0.417 e. The Kier molecular flexibility index (Phi) is 2.95. The van der Waals surface area contributed by atoms with Crippen molar-refractivity contribution in [2.75, 3.05) is 6.61 Å². The predicted molar refractivity (Wildman–Crippen MR) is 72.0 cm³/mol. The Labute approximate surface area is 115 Å². The van der Waals surface area contributed by atoms with Gasteiger partial charge in [0.05, 0.1) is 4.92 Å². The lowest BCUT2D eigenvalue weighted by Crippen LogP contribution is -2.06. The van der Waals surface area contributed by atoms with E-state index in [1.165, 1.54) is 12.5 Å². The van der Waals surface area contributed by atoms with Gasteiger partial charge in [-0.2, -0.15) is 0 Å². The number of nitrogens with zero attached hydrogens (tertiary/aromatic N) is 1. The van der Waals surface area contributed by atoms with E-state index in [1.54, 1.807) is 12.1 Å². The Hall–Kier alpha value is -2.69. The summed E-state index contributed by atoms with van der Waals surface area (Å²) in [6.45, 7) is 1.54. The van der Waals surface area contributed by atoms with Crippen molar-refractivity contribution < 1.29 is 14.5 Å². The summed E-state index contributed by atoms with van der Waals surface area (Å²) in [5.74, 6) is -0.178. The standard InChI is InChI=1S/C15H10NO4/c17-9-20-8-15-12-4-2-1-3-11(12)13-6-5-10(16(18)19)7-14(13)15/h1-7,15H,8H2. The SMILES string of the molecule is O=[C]OCC1c2ccccc2-c2ccc([N+](=O)[O-])cc21. The van der Waals surface area contributed by atoms with Gasteiger partial charge in [-0.1, -0.05) is 24.3 Å². The van der Waals surface area contributed by atoms with Crippen LogP contribution in [0.5, 0.6) is 0 Å². The number of non-ortho nitro benzene ring substituents is 1. The number of fused-ring (bicyclic) bond motifs is 3. The van der Waals surface area contributed by atoms with E-state index in [0.717, 1.165) is 22.3 Å². The van der Waals surface area contributed by atoms with Crippen LogP contribution in [0.4, 0.5) is 5.69 Å². The lowest BCUT2D eigenvalue weighted by molar-refractivity contribution is -0.384. The fourth-order valence-electron chi connectivity index (χ4n) is 2.71. The number of benzene rings is 2. The molecule has 1 radical (unpaired) electrons. The van der Waals surface area contributed by atoms with Gasteiger partial charge in [-0.05, 0) is 28.3 Å². The first kappa shape index (κ1) is 12.3. The summed E-state index contributed by atoms with van der Waals surface area (Å²) >= 11 is 0. The van der Waals surface area contributed by atoms with Crippen molar-refractivity contribution in [1.82, 2.24) is 0 Å². The maximum absolute atomic E-state index is 10.9. The van der Waals surface area contributed by atoms with E-state index in [0.29, 0.717) is 0 Å². The molecule has 1 unspecified atom stereocenters. The molecule has 2 aromatic carbocycles. The molecule has 0 heterocycles. The number of rotatable bonds is 4. The molecule has 20 heavy (non-hydrogen) atoms. The van der Waals surface area contributed by atoms with Gasteiger partial charge in [-0.15, -0.1) is 0 Å². The van der Waals surface area contributed by atoms with Gasteiger partial charge >= 0.3 is 6.47 Å². The quantitative estimate of drug-likeness (QED) is 0.631. The maximum Gasteiger partial charge on any atom is 0.417 e. The molecule has 0 fully saturated rings. The fraction of sp³-hybridized carbons (Fsp3) is 0.133. The van der Waals surface area contributed by atoms with Crippen LogP contribution in [0.1, 0.15) is 17.0 Å². The third-order valence-corrected chi connectivity index (χ3v) is 3.56. The zero-order valence-electron chi connectivity index (χ0n) is 10.4. The van der Waals surface area contributed by atoms with Gasteiger partial charge in [0, 0.05) is 18.1 Å². The summed E-state index contributed by atoms with van der Waals surface area (Å²) in [5.41, 5.74) is 3.84. The third kappa shape index (κ3) is 1.84. The zero-order valence-corrected chi connectivity index (χ0v) is 10.4. The molecule has 0 aromatic heterocycles. The van der Waals surface area contributed by atoms with Crippen LogP contribution >= 0.6 is 0 Å². The van der Waals surface area contributed by atoms with Crippen molar-refractivity contribution in [3.8, 4) is 11.1 Å². The molecule has 0 aliphatic heterocycles. The summed E-state index contributed by atoms with van der Waals surface area (Å²) in [6, 6.07) is 12.5. The number of nitro groups is 1. The van der Waals surface area contributed by atoms with Crippen molar-refractivity contribution in [3.63, 3.8) is 0 Å². The van der Waals surface area contributed by atoms with Crippen LogP contribution in [0.3, 0.4) is 0 Å². The molecule has 1 aliphatic carbocycles. The number of ether oxygens (including phenoxy) is 1. The summed E-state index contributed by atoms with van der Waals surface area (Å²) in [4.78, 5) is 20.8. The minimum Gasteiger partial charge on any atom is -0.456 e. The Morgan fingerprint density at radius 2 is 1.90 bits per heavy atom. The maximum atomic E-state index is 10.9. The molecule has 5 nitrogen and oxygen atoms in total. The van der Waals surface area contributed by atoms with Crippen molar-refractivity contribution in [3.05, 3.63) is 63.7 Å². The Balaban J connectivity index is 2.14. The first-order valence-electron chi connectivity index (χ1n) is 6.09. The molecule has 0 N–H and O–H groups in total. The highest BCUT2D eigenvalue weighted by Gasteiger charge is 2.30. The summed E-state index contributed by atoms with van der Waals surface area (Å²) in [6.07, 6.45) is 0. The van der Waals surface area contributed by atoms with Crippen molar-refractivity contribution in [2.45, 2.75) is 5.92 Å². The third-order valence-electron chi connectivity index (χ3n) is 3.56. The van der Waals surface area contributed by atoms with E-state index in [4.69, 9.17) is 4.74 Å². The van der Waals surface area contributed by atoms with Crippen LogP contribution in [0.25, 0.3) is 11.1 Å². The monoisotopic (exact) mass is 268 g/mol. The molecule has 0 bridgehead atoms. The van der Waals surface area contributed by atoms with Gasteiger partial charge in [-0.3, -0.25) is 10.1 Å². The van der Waals surface area contributed by atoms with Crippen molar-refractivity contribution >= 4 is 12.2 Å². The minimum atomic E-state index is -0.424. The van der Waals surface area contributed by atoms with Crippen LogP contribution in [0.15, 0.2) is 42.5 Å². The number of nitro benzene ring substituents is 1. The average Bonchev–Trinajstić information content (AvgIpc) is 2.78. The van der Waals surface area contributed by atoms with Crippen LogP contribution in [-0.2, 0) is 9.53 Å². The molecular weight excluding hydrogens is 258 g/mol. The topological polar surface area (TPSA) is 69.4 Å². The van der Waals surface area contributed by atoms with E-state index in [1.807, 2.05) is 24.3 Å². The molecule has 0 spiro atoms. The van der Waals surface area contributed by atoms with Crippen LogP contribution in [0, 0.1) is 10.1 Å². The van der Waals surface area contributed by atoms with Crippen molar-refractivity contribution in [2.24, 2.45) is 0 Å². The molecule has 99 valence electrons. The molecule has 0 amide bonds. The highest BCUT2D eigenvalue weighted by atomic mass is 16.6. The largest absolute Gasteiger partial charge is 0.456 e. The number of hydrogen-bond donors (Lipinski definition) is 0. The second kappa shape index (κ2) is 4.77. The molecule has 3 rings (SSSR count). The lowest BCUT2D eigenvalue weighted by atomic mass is 9.98. The first-order valence-corrected chi connectivity index (χ1v) is 6.09. The molecule has 2 aromatic rings. The van der Waals surface area contributed by atoms with Crippen LogP contribution in [0.2, 0.25) is 0 Å². The van der Waals surface area contributed by atoms with Gasteiger partial charge in [0.1, 0.15) is 6.61 Å². The first-order chi connectivity index (χ1) is 9.72. The lowest BCUT2D eigenvalue weighted by Gasteiger charge is -2.11. The highest BCUT2D eigenvalue weighted by Crippen LogP contribution is 2.45. The van der Waals surface area contributed by atoms with E-state index >= 15 is 0 Å².